The second kappa shape index (κ2) is 8.16. The number of carbonyl (C=O) groups excluding carboxylic acids is 1. The van der Waals surface area contributed by atoms with Crippen molar-refractivity contribution in [2.45, 2.75) is 13.0 Å². The highest BCUT2D eigenvalue weighted by Crippen LogP contribution is 2.21. The van der Waals surface area contributed by atoms with Crippen LogP contribution in [-0.2, 0) is 4.79 Å². The van der Waals surface area contributed by atoms with Gasteiger partial charge < -0.3 is 9.47 Å². The Morgan fingerprint density at radius 2 is 1.69 bits per heavy atom. The number of hydrazone groups is 1. The maximum Gasteiger partial charge on any atom is 0.280 e. The van der Waals surface area contributed by atoms with E-state index >= 15 is 0 Å². The Morgan fingerprint density at radius 1 is 1.00 bits per heavy atom. The highest BCUT2D eigenvalue weighted by Gasteiger charge is 2.14. The van der Waals surface area contributed by atoms with Gasteiger partial charge in [0.1, 0.15) is 11.5 Å². The van der Waals surface area contributed by atoms with Gasteiger partial charge in [-0.3, -0.25) is 4.79 Å². The molecule has 1 atom stereocenters. The normalized spacial score (nSPS) is 12.1. The summed E-state index contributed by atoms with van der Waals surface area (Å²) in [5, 5.41) is 6.16. The molecule has 0 saturated heterocycles. The van der Waals surface area contributed by atoms with Crippen LogP contribution in [0.2, 0.25) is 0 Å². The molecule has 1 N–H and O–H groups in total. The Morgan fingerprint density at radius 3 is 2.42 bits per heavy atom. The zero-order valence-corrected chi connectivity index (χ0v) is 14.7. The van der Waals surface area contributed by atoms with Crippen LogP contribution < -0.4 is 14.9 Å². The molecule has 0 radical (unpaired) electrons. The molecule has 0 spiro atoms. The fourth-order valence-electron chi connectivity index (χ4n) is 2.45. The lowest BCUT2D eigenvalue weighted by molar-refractivity contribution is -0.127. The monoisotopic (exact) mass is 348 g/mol. The van der Waals surface area contributed by atoms with Crippen LogP contribution in [-0.4, -0.2) is 25.3 Å². The molecule has 0 aliphatic rings. The molecule has 0 fully saturated rings. The molecule has 0 aliphatic carbocycles. The molecule has 0 aromatic heterocycles. The lowest BCUT2D eigenvalue weighted by Gasteiger charge is -2.13. The molecule has 0 heterocycles. The van der Waals surface area contributed by atoms with Gasteiger partial charge in [0.05, 0.1) is 13.3 Å². The summed E-state index contributed by atoms with van der Waals surface area (Å²) >= 11 is 0. The lowest BCUT2D eigenvalue weighted by atomic mass is 10.1. The van der Waals surface area contributed by atoms with Crippen molar-refractivity contribution >= 4 is 22.9 Å². The summed E-state index contributed by atoms with van der Waals surface area (Å²) in [6.07, 6.45) is 0.907. The third-order valence-corrected chi connectivity index (χ3v) is 3.91. The summed E-state index contributed by atoms with van der Waals surface area (Å²) in [5.74, 6) is 1.09. The minimum Gasteiger partial charge on any atom is -0.497 e. The van der Waals surface area contributed by atoms with Gasteiger partial charge >= 0.3 is 0 Å². The predicted molar refractivity (Wildman–Crippen MR) is 103 cm³/mol. The molecule has 0 aliphatic heterocycles. The topological polar surface area (TPSA) is 59.9 Å². The highest BCUT2D eigenvalue weighted by molar-refractivity contribution is 5.85. The van der Waals surface area contributed by atoms with Crippen LogP contribution in [0.15, 0.2) is 71.8 Å². The summed E-state index contributed by atoms with van der Waals surface area (Å²) in [6.45, 7) is 1.69. The minimum atomic E-state index is -0.663. The van der Waals surface area contributed by atoms with Gasteiger partial charge in [-0.25, -0.2) is 5.43 Å². The maximum atomic E-state index is 12.1. The fraction of sp³-hybridized carbons (Fsp3) is 0.143. The minimum absolute atomic E-state index is 0.317. The molecule has 1 amide bonds. The Kier molecular flexibility index (Phi) is 5.49. The van der Waals surface area contributed by atoms with E-state index in [1.54, 1.807) is 20.2 Å². The summed E-state index contributed by atoms with van der Waals surface area (Å²) < 4.78 is 10.8. The first-order chi connectivity index (χ1) is 12.7. The number of hydrogen-bond acceptors (Lipinski definition) is 4. The second-order valence-corrected chi connectivity index (χ2v) is 5.78. The summed E-state index contributed by atoms with van der Waals surface area (Å²) in [7, 11) is 1.61. The van der Waals surface area contributed by atoms with Crippen molar-refractivity contribution in [3.05, 3.63) is 72.3 Å². The van der Waals surface area contributed by atoms with E-state index < -0.39 is 6.10 Å². The van der Waals surface area contributed by atoms with Gasteiger partial charge in [0.2, 0.25) is 0 Å². The number of hydrogen-bond donors (Lipinski definition) is 1. The van der Waals surface area contributed by atoms with E-state index in [9.17, 15) is 4.79 Å². The number of ether oxygens (including phenoxy) is 2. The third-order valence-electron chi connectivity index (χ3n) is 3.91. The molecular weight excluding hydrogens is 328 g/mol. The van der Waals surface area contributed by atoms with E-state index in [4.69, 9.17) is 9.47 Å². The molecule has 132 valence electrons. The first kappa shape index (κ1) is 17.5. The number of benzene rings is 3. The van der Waals surface area contributed by atoms with Crippen molar-refractivity contribution in [2.75, 3.05) is 7.11 Å². The van der Waals surface area contributed by atoms with Crippen molar-refractivity contribution < 1.29 is 14.3 Å². The molecule has 3 aromatic carbocycles. The Hall–Kier alpha value is -3.34. The summed E-state index contributed by atoms with van der Waals surface area (Å²) in [5.41, 5.74) is 3.35. The van der Waals surface area contributed by atoms with Crippen LogP contribution in [0, 0.1) is 0 Å². The van der Waals surface area contributed by atoms with Crippen LogP contribution in [0.25, 0.3) is 10.8 Å². The van der Waals surface area contributed by atoms with Crippen molar-refractivity contribution in [3.63, 3.8) is 0 Å². The number of methoxy groups -OCH3 is 1. The molecule has 0 bridgehead atoms. The average molecular weight is 348 g/mol. The lowest BCUT2D eigenvalue weighted by Crippen LogP contribution is -2.33. The number of amides is 1. The van der Waals surface area contributed by atoms with E-state index in [1.807, 2.05) is 66.7 Å². The van der Waals surface area contributed by atoms with E-state index in [-0.39, 0.29) is 5.91 Å². The molecule has 3 aromatic rings. The molecule has 5 heteroatoms. The molecule has 0 saturated carbocycles. The summed E-state index contributed by atoms with van der Waals surface area (Å²) in [6, 6.07) is 21.1. The first-order valence-electron chi connectivity index (χ1n) is 8.28. The van der Waals surface area contributed by atoms with Crippen molar-refractivity contribution in [2.24, 2.45) is 5.10 Å². The predicted octanol–water partition coefficient (Wildman–Crippen LogP) is 3.77. The van der Waals surface area contributed by atoms with Crippen LogP contribution in [0.4, 0.5) is 0 Å². The number of nitrogens with one attached hydrogen (secondary N) is 1. The van der Waals surface area contributed by atoms with Crippen LogP contribution in [0.1, 0.15) is 12.5 Å². The van der Waals surface area contributed by atoms with Gasteiger partial charge in [0.25, 0.3) is 5.91 Å². The number of rotatable bonds is 6. The average Bonchev–Trinajstić information content (AvgIpc) is 2.68. The van der Waals surface area contributed by atoms with Gasteiger partial charge in [-0.15, -0.1) is 0 Å². The third kappa shape index (κ3) is 4.39. The SMILES string of the molecule is COc1ccc(/C=N\NC(=O)[C@H](C)Oc2ccc3ccccc3c2)cc1. The largest absolute Gasteiger partial charge is 0.497 e. The fourth-order valence-corrected chi connectivity index (χ4v) is 2.45. The van der Waals surface area contributed by atoms with Gasteiger partial charge in [-0.05, 0) is 59.7 Å². The highest BCUT2D eigenvalue weighted by atomic mass is 16.5. The Bertz CT molecular complexity index is 920. The Labute approximate surface area is 152 Å². The van der Waals surface area contributed by atoms with E-state index in [0.29, 0.717) is 5.75 Å². The van der Waals surface area contributed by atoms with E-state index in [2.05, 4.69) is 10.5 Å². The van der Waals surface area contributed by atoms with E-state index in [0.717, 1.165) is 22.1 Å². The van der Waals surface area contributed by atoms with Crippen LogP contribution in [0.5, 0.6) is 11.5 Å². The zero-order valence-electron chi connectivity index (χ0n) is 14.7. The number of carbonyl (C=O) groups is 1. The number of nitrogens with zero attached hydrogens (tertiary/aromatic N) is 1. The first-order valence-corrected chi connectivity index (χ1v) is 8.28. The molecule has 5 nitrogen and oxygen atoms in total. The molecular formula is C21H20N2O3. The van der Waals surface area contributed by atoms with Crippen molar-refractivity contribution in [1.29, 1.82) is 0 Å². The van der Waals surface area contributed by atoms with Gasteiger partial charge in [0, 0.05) is 0 Å². The maximum absolute atomic E-state index is 12.1. The van der Waals surface area contributed by atoms with Gasteiger partial charge in [-0.1, -0.05) is 30.3 Å². The van der Waals surface area contributed by atoms with Crippen LogP contribution in [0.3, 0.4) is 0 Å². The van der Waals surface area contributed by atoms with Crippen molar-refractivity contribution in [3.8, 4) is 11.5 Å². The quantitative estimate of drug-likeness (QED) is 0.545. The van der Waals surface area contributed by atoms with Crippen LogP contribution >= 0.6 is 0 Å². The standard InChI is InChI=1S/C21H20N2O3/c1-15(26-20-12-9-17-5-3-4-6-18(17)13-20)21(24)23-22-14-16-7-10-19(25-2)11-8-16/h3-15H,1-2H3,(H,23,24)/b22-14-/t15-/m0/s1. The van der Waals surface area contributed by atoms with Gasteiger partial charge in [0.15, 0.2) is 6.10 Å². The molecule has 26 heavy (non-hydrogen) atoms. The number of fused-ring (bicyclic) bond motifs is 1. The zero-order chi connectivity index (χ0) is 18.4. The summed E-state index contributed by atoms with van der Waals surface area (Å²) in [4.78, 5) is 12.1. The second-order valence-electron chi connectivity index (χ2n) is 5.78. The smallest absolute Gasteiger partial charge is 0.280 e. The molecule has 3 rings (SSSR count). The van der Waals surface area contributed by atoms with Gasteiger partial charge in [-0.2, -0.15) is 5.10 Å². The van der Waals surface area contributed by atoms with E-state index in [1.165, 1.54) is 0 Å². The molecule has 0 unspecified atom stereocenters. The Balaban J connectivity index is 1.57. The van der Waals surface area contributed by atoms with Crippen molar-refractivity contribution in [1.82, 2.24) is 5.43 Å².